The molecule has 6 nitrogen and oxygen atoms in total. The van der Waals surface area contributed by atoms with Crippen LogP contribution in [0, 0.1) is 10.1 Å². The molecule has 6 heteroatoms. The summed E-state index contributed by atoms with van der Waals surface area (Å²) in [4.78, 5) is 21.2. The number of amides is 1. The van der Waals surface area contributed by atoms with Gasteiger partial charge in [0, 0.05) is 18.2 Å². The number of benzene rings is 1. The van der Waals surface area contributed by atoms with Crippen LogP contribution in [0.2, 0.25) is 0 Å². The van der Waals surface area contributed by atoms with Gasteiger partial charge >= 0.3 is 0 Å². The highest BCUT2D eigenvalue weighted by Crippen LogP contribution is 2.25. The number of hydrogen-bond donors (Lipinski definition) is 1. The van der Waals surface area contributed by atoms with Crippen molar-refractivity contribution >= 4 is 17.3 Å². The van der Waals surface area contributed by atoms with E-state index in [9.17, 15) is 14.9 Å². The molecule has 0 fully saturated rings. The zero-order valence-corrected chi connectivity index (χ0v) is 9.43. The third kappa shape index (κ3) is 2.34. The van der Waals surface area contributed by atoms with Crippen LogP contribution in [-0.2, 0) is 0 Å². The smallest absolute Gasteiger partial charge is 0.282 e. The maximum absolute atomic E-state index is 11.1. The Bertz CT molecular complexity index is 449. The molecule has 0 aliphatic carbocycles. The summed E-state index contributed by atoms with van der Waals surface area (Å²) in [6.07, 6.45) is 0. The number of quaternary nitrogens is 1. The summed E-state index contributed by atoms with van der Waals surface area (Å²) in [6, 6.07) is 4.38. The first-order valence-electron chi connectivity index (χ1n) is 4.63. The summed E-state index contributed by atoms with van der Waals surface area (Å²) < 4.78 is 0.457. The van der Waals surface area contributed by atoms with Crippen molar-refractivity contribution in [2.45, 2.75) is 0 Å². The molecular formula is C10H14N3O3+. The average molecular weight is 224 g/mol. The summed E-state index contributed by atoms with van der Waals surface area (Å²) in [5.41, 5.74) is 5.57. The predicted molar refractivity (Wildman–Crippen MR) is 61.2 cm³/mol. The molecule has 1 aromatic carbocycles. The molecule has 0 spiro atoms. The van der Waals surface area contributed by atoms with E-state index < -0.39 is 10.8 Å². The fourth-order valence-corrected chi connectivity index (χ4v) is 1.30. The van der Waals surface area contributed by atoms with Crippen molar-refractivity contribution in [2.24, 2.45) is 5.73 Å². The Hall–Kier alpha value is -1.95. The molecule has 1 aromatic rings. The summed E-state index contributed by atoms with van der Waals surface area (Å²) in [5, 5.41) is 10.7. The lowest BCUT2D eigenvalue weighted by Crippen LogP contribution is -2.35. The van der Waals surface area contributed by atoms with Crippen LogP contribution in [0.4, 0.5) is 11.4 Å². The molecular weight excluding hydrogens is 210 g/mol. The minimum absolute atomic E-state index is 0.0597. The topological polar surface area (TPSA) is 86.2 Å². The second-order valence-electron chi connectivity index (χ2n) is 4.34. The number of nitro benzene ring substituents is 1. The Balaban J connectivity index is 3.40. The number of primary amides is 1. The summed E-state index contributed by atoms with van der Waals surface area (Å²) in [5.74, 6) is -0.790. The zero-order valence-electron chi connectivity index (χ0n) is 9.43. The van der Waals surface area contributed by atoms with Gasteiger partial charge in [0.05, 0.1) is 26.1 Å². The largest absolute Gasteiger partial charge is 0.365 e. The van der Waals surface area contributed by atoms with Gasteiger partial charge in [-0.25, -0.2) is 0 Å². The van der Waals surface area contributed by atoms with E-state index >= 15 is 0 Å². The quantitative estimate of drug-likeness (QED) is 0.470. The Morgan fingerprint density at radius 1 is 1.38 bits per heavy atom. The molecule has 0 heterocycles. The van der Waals surface area contributed by atoms with Gasteiger partial charge in [0.15, 0.2) is 0 Å². The summed E-state index contributed by atoms with van der Waals surface area (Å²) in [7, 11) is 5.68. The third-order valence-corrected chi connectivity index (χ3v) is 2.22. The van der Waals surface area contributed by atoms with Crippen molar-refractivity contribution in [1.82, 2.24) is 4.48 Å². The van der Waals surface area contributed by atoms with E-state index in [-0.39, 0.29) is 11.3 Å². The van der Waals surface area contributed by atoms with E-state index in [0.29, 0.717) is 4.48 Å². The molecule has 1 rings (SSSR count). The lowest BCUT2D eigenvalue weighted by atomic mass is 10.1. The van der Waals surface area contributed by atoms with Gasteiger partial charge in [-0.2, -0.15) is 0 Å². The van der Waals surface area contributed by atoms with E-state index in [1.54, 1.807) is 6.07 Å². The van der Waals surface area contributed by atoms with E-state index in [1.165, 1.54) is 12.1 Å². The van der Waals surface area contributed by atoms with Gasteiger partial charge in [-0.3, -0.25) is 19.4 Å². The van der Waals surface area contributed by atoms with Gasteiger partial charge in [0.1, 0.15) is 11.3 Å². The maximum Gasteiger partial charge on any atom is 0.282 e. The molecule has 0 saturated heterocycles. The molecule has 0 aliphatic heterocycles. The van der Waals surface area contributed by atoms with Crippen LogP contribution in [0.15, 0.2) is 18.2 Å². The van der Waals surface area contributed by atoms with Crippen molar-refractivity contribution in [3.8, 4) is 0 Å². The van der Waals surface area contributed by atoms with Crippen molar-refractivity contribution in [1.29, 1.82) is 0 Å². The molecule has 0 radical (unpaired) electrons. The fourth-order valence-electron chi connectivity index (χ4n) is 1.30. The summed E-state index contributed by atoms with van der Waals surface area (Å²) >= 11 is 0. The maximum atomic E-state index is 11.1. The minimum atomic E-state index is -0.790. The Kier molecular flexibility index (Phi) is 2.95. The fraction of sp³-hybridized carbons (Fsp3) is 0.300. The zero-order chi connectivity index (χ0) is 12.5. The third-order valence-electron chi connectivity index (χ3n) is 2.22. The molecule has 0 aliphatic rings. The number of carbonyl (C=O) groups is 1. The van der Waals surface area contributed by atoms with Gasteiger partial charge in [-0.15, -0.1) is 0 Å². The van der Waals surface area contributed by atoms with Crippen molar-refractivity contribution in [3.63, 3.8) is 0 Å². The van der Waals surface area contributed by atoms with Crippen molar-refractivity contribution < 1.29 is 9.72 Å². The number of rotatable bonds is 3. The van der Waals surface area contributed by atoms with Crippen molar-refractivity contribution in [3.05, 3.63) is 33.9 Å². The van der Waals surface area contributed by atoms with Gasteiger partial charge in [-0.1, -0.05) is 0 Å². The van der Waals surface area contributed by atoms with Gasteiger partial charge < -0.3 is 5.73 Å². The van der Waals surface area contributed by atoms with Gasteiger partial charge in [0.2, 0.25) is 0 Å². The summed E-state index contributed by atoms with van der Waals surface area (Å²) in [6.45, 7) is 0. The first kappa shape index (κ1) is 12.1. The lowest BCUT2D eigenvalue weighted by molar-refractivity contribution is -0.385. The highest BCUT2D eigenvalue weighted by Gasteiger charge is 2.22. The Labute approximate surface area is 93.0 Å². The van der Waals surface area contributed by atoms with Crippen LogP contribution in [0.5, 0.6) is 0 Å². The normalized spacial score (nSPS) is 11.2. The van der Waals surface area contributed by atoms with E-state index in [0.717, 1.165) is 5.69 Å². The minimum Gasteiger partial charge on any atom is -0.365 e. The average Bonchev–Trinajstić information content (AvgIpc) is 2.15. The Morgan fingerprint density at radius 3 is 2.31 bits per heavy atom. The number of nitrogens with two attached hydrogens (primary N) is 1. The van der Waals surface area contributed by atoms with E-state index in [2.05, 4.69) is 0 Å². The highest BCUT2D eigenvalue weighted by molar-refractivity contribution is 5.97. The van der Waals surface area contributed by atoms with Gasteiger partial charge in [0.25, 0.3) is 11.6 Å². The van der Waals surface area contributed by atoms with Crippen LogP contribution in [-0.4, -0.2) is 32.0 Å². The molecule has 16 heavy (non-hydrogen) atoms. The standard InChI is InChI=1S/C10H13N3O3/c1-13(2,3)7-4-5-9(12(15)16)8(6-7)10(11)14/h4-6H,1-3H3,(H-,11,14)/p+1. The number of nitrogens with zero attached hydrogens (tertiary/aromatic N) is 2. The number of nitro groups is 1. The lowest BCUT2D eigenvalue weighted by Gasteiger charge is -2.23. The van der Waals surface area contributed by atoms with E-state index in [1.807, 2.05) is 21.1 Å². The number of carbonyl (C=O) groups excluding carboxylic acids is 1. The van der Waals surface area contributed by atoms with Crippen LogP contribution in [0.1, 0.15) is 10.4 Å². The van der Waals surface area contributed by atoms with Crippen LogP contribution >= 0.6 is 0 Å². The van der Waals surface area contributed by atoms with Crippen LogP contribution < -0.4 is 10.2 Å². The SMILES string of the molecule is C[N+](C)(C)c1ccc([N+](=O)[O-])c(C(N)=O)c1. The first-order valence-corrected chi connectivity index (χ1v) is 4.63. The Morgan fingerprint density at radius 2 is 1.94 bits per heavy atom. The molecule has 0 aromatic heterocycles. The molecule has 86 valence electrons. The van der Waals surface area contributed by atoms with E-state index in [4.69, 9.17) is 5.73 Å². The molecule has 0 saturated carbocycles. The predicted octanol–water partition coefficient (Wildman–Crippen LogP) is 0.890. The molecule has 1 amide bonds. The number of hydrogen-bond acceptors (Lipinski definition) is 3. The van der Waals surface area contributed by atoms with Gasteiger partial charge in [-0.05, 0) is 0 Å². The second kappa shape index (κ2) is 3.90. The highest BCUT2D eigenvalue weighted by atomic mass is 16.6. The van der Waals surface area contributed by atoms with Crippen LogP contribution in [0.3, 0.4) is 0 Å². The molecule has 0 bridgehead atoms. The monoisotopic (exact) mass is 224 g/mol. The molecule has 0 atom stereocenters. The van der Waals surface area contributed by atoms with Crippen molar-refractivity contribution in [2.75, 3.05) is 21.1 Å². The van der Waals surface area contributed by atoms with Crippen LogP contribution in [0.25, 0.3) is 0 Å². The first-order chi connectivity index (χ1) is 7.23. The molecule has 2 N–H and O–H groups in total. The second-order valence-corrected chi connectivity index (χ2v) is 4.34. The molecule has 0 unspecified atom stereocenters.